The second-order valence-corrected chi connectivity index (χ2v) is 6.10. The Bertz CT molecular complexity index is 772. The number of nitrogens with zero attached hydrogens (tertiary/aromatic N) is 2. The molecule has 1 N–H and O–H groups in total. The molecular weight excluding hydrogens is 316 g/mol. The van der Waals surface area contributed by atoms with E-state index in [1.165, 1.54) is 0 Å². The molecule has 0 saturated heterocycles. The van der Waals surface area contributed by atoms with Crippen molar-refractivity contribution in [3.05, 3.63) is 65.0 Å². The van der Waals surface area contributed by atoms with E-state index >= 15 is 0 Å². The van der Waals surface area contributed by atoms with Crippen molar-refractivity contribution >= 4 is 11.7 Å². The van der Waals surface area contributed by atoms with Crippen LogP contribution in [0.4, 0.5) is 0 Å². The lowest BCUT2D eigenvalue weighted by atomic mass is 9.93. The molecule has 2 heterocycles. The van der Waals surface area contributed by atoms with E-state index in [-0.39, 0.29) is 24.7 Å². The minimum absolute atomic E-state index is 0.0427. The van der Waals surface area contributed by atoms with Crippen LogP contribution in [0.5, 0.6) is 0 Å². The SMILES string of the molecule is CCOC1=NCc2cc(CC(=O)C[C@H](CO)c3ccccc3)ncc21. The molecule has 5 heteroatoms. The van der Waals surface area contributed by atoms with Gasteiger partial charge >= 0.3 is 0 Å². The van der Waals surface area contributed by atoms with Crippen LogP contribution in [0, 0.1) is 0 Å². The smallest absolute Gasteiger partial charge is 0.218 e. The van der Waals surface area contributed by atoms with Crippen LogP contribution in [0.15, 0.2) is 47.6 Å². The summed E-state index contributed by atoms with van der Waals surface area (Å²) in [6, 6.07) is 11.6. The van der Waals surface area contributed by atoms with Crippen molar-refractivity contribution in [3.8, 4) is 0 Å². The summed E-state index contributed by atoms with van der Waals surface area (Å²) >= 11 is 0. The maximum atomic E-state index is 12.4. The standard InChI is InChI=1S/C20H22N2O3/c1-2-25-20-19-12-21-17(8-15(19)11-22-20)10-18(24)9-16(13-23)14-6-4-3-5-7-14/h3-8,12,16,23H,2,9-11,13H2,1H3/t16-/m1/s1. The fraction of sp³-hybridized carbons (Fsp3) is 0.350. The number of rotatable bonds is 7. The summed E-state index contributed by atoms with van der Waals surface area (Å²) in [7, 11) is 0. The molecule has 130 valence electrons. The molecule has 0 bridgehead atoms. The van der Waals surface area contributed by atoms with Gasteiger partial charge in [0.2, 0.25) is 5.90 Å². The van der Waals surface area contributed by atoms with Gasteiger partial charge in [0.05, 0.1) is 25.3 Å². The zero-order valence-electron chi connectivity index (χ0n) is 14.3. The van der Waals surface area contributed by atoms with Gasteiger partial charge in [0.15, 0.2) is 0 Å². The van der Waals surface area contributed by atoms with E-state index in [2.05, 4.69) is 9.98 Å². The molecule has 0 spiro atoms. The fourth-order valence-corrected chi connectivity index (χ4v) is 3.03. The van der Waals surface area contributed by atoms with Crippen LogP contribution in [0.2, 0.25) is 0 Å². The molecular formula is C20H22N2O3. The predicted molar refractivity (Wildman–Crippen MR) is 95.7 cm³/mol. The lowest BCUT2D eigenvalue weighted by molar-refractivity contribution is -0.119. The third-order valence-corrected chi connectivity index (χ3v) is 4.29. The topological polar surface area (TPSA) is 71.8 Å². The number of hydrogen-bond acceptors (Lipinski definition) is 5. The molecule has 0 radical (unpaired) electrons. The molecule has 2 aromatic rings. The van der Waals surface area contributed by atoms with Crippen molar-refractivity contribution in [3.63, 3.8) is 0 Å². The maximum Gasteiger partial charge on any atom is 0.218 e. The minimum atomic E-state index is -0.170. The number of Topliss-reactive ketones (excluding diaryl/α,β-unsaturated/α-hetero) is 1. The molecule has 5 nitrogen and oxygen atoms in total. The highest BCUT2D eigenvalue weighted by atomic mass is 16.5. The quantitative estimate of drug-likeness (QED) is 0.842. The van der Waals surface area contributed by atoms with Gasteiger partial charge < -0.3 is 9.84 Å². The van der Waals surface area contributed by atoms with Crippen LogP contribution in [0.3, 0.4) is 0 Å². The van der Waals surface area contributed by atoms with E-state index in [1.54, 1.807) is 6.20 Å². The Morgan fingerprint density at radius 3 is 2.84 bits per heavy atom. The molecule has 3 rings (SSSR count). The van der Waals surface area contributed by atoms with Gasteiger partial charge in [0, 0.05) is 30.7 Å². The van der Waals surface area contributed by atoms with Crippen molar-refractivity contribution in [2.75, 3.05) is 13.2 Å². The number of aromatic nitrogens is 1. The van der Waals surface area contributed by atoms with Crippen molar-refractivity contribution in [2.24, 2.45) is 4.99 Å². The van der Waals surface area contributed by atoms with E-state index in [0.717, 1.165) is 22.4 Å². The molecule has 0 aliphatic carbocycles. The first-order chi connectivity index (χ1) is 12.2. The van der Waals surface area contributed by atoms with Gasteiger partial charge in [-0.05, 0) is 24.1 Å². The first-order valence-corrected chi connectivity index (χ1v) is 8.54. The molecule has 1 aromatic carbocycles. The predicted octanol–water partition coefficient (Wildman–Crippen LogP) is 2.66. The zero-order chi connectivity index (χ0) is 17.6. The summed E-state index contributed by atoms with van der Waals surface area (Å²) in [5.74, 6) is 0.530. The summed E-state index contributed by atoms with van der Waals surface area (Å²) in [4.78, 5) is 21.2. The number of ketones is 1. The molecule has 1 aliphatic rings. The maximum absolute atomic E-state index is 12.4. The Morgan fingerprint density at radius 1 is 1.32 bits per heavy atom. The highest BCUT2D eigenvalue weighted by molar-refractivity contribution is 5.97. The number of pyridine rings is 1. The fourth-order valence-electron chi connectivity index (χ4n) is 3.03. The number of carbonyl (C=O) groups is 1. The number of benzene rings is 1. The van der Waals surface area contributed by atoms with E-state index in [4.69, 9.17) is 4.74 Å². The van der Waals surface area contributed by atoms with Crippen LogP contribution in [-0.4, -0.2) is 35.0 Å². The van der Waals surface area contributed by atoms with Gasteiger partial charge in [-0.1, -0.05) is 30.3 Å². The number of hydrogen-bond donors (Lipinski definition) is 1. The van der Waals surface area contributed by atoms with Crippen LogP contribution >= 0.6 is 0 Å². The van der Waals surface area contributed by atoms with E-state index in [0.29, 0.717) is 25.5 Å². The van der Waals surface area contributed by atoms with Crippen LogP contribution in [0.1, 0.15) is 41.6 Å². The first kappa shape index (κ1) is 17.3. The normalized spacial score (nSPS) is 13.9. The number of fused-ring (bicyclic) bond motifs is 1. The number of carbonyl (C=O) groups excluding carboxylic acids is 1. The highest BCUT2D eigenvalue weighted by Crippen LogP contribution is 2.22. The van der Waals surface area contributed by atoms with Gasteiger partial charge in [-0.3, -0.25) is 9.78 Å². The monoisotopic (exact) mass is 338 g/mol. The Morgan fingerprint density at radius 2 is 2.12 bits per heavy atom. The van der Waals surface area contributed by atoms with Gasteiger partial charge in [-0.2, -0.15) is 0 Å². The first-order valence-electron chi connectivity index (χ1n) is 8.54. The molecule has 0 unspecified atom stereocenters. The molecule has 1 aromatic heterocycles. The van der Waals surface area contributed by atoms with Crippen molar-refractivity contribution in [2.45, 2.75) is 32.2 Å². The summed E-state index contributed by atoms with van der Waals surface area (Å²) in [5, 5.41) is 9.60. The van der Waals surface area contributed by atoms with Gasteiger partial charge in [0.1, 0.15) is 5.78 Å². The summed E-state index contributed by atoms with van der Waals surface area (Å²) in [5.41, 5.74) is 3.68. The Labute approximate surface area is 147 Å². The third kappa shape index (κ3) is 4.12. The van der Waals surface area contributed by atoms with Crippen LogP contribution in [-0.2, 0) is 22.5 Å². The molecule has 1 aliphatic heterocycles. The van der Waals surface area contributed by atoms with Crippen molar-refractivity contribution < 1.29 is 14.6 Å². The lowest BCUT2D eigenvalue weighted by Crippen LogP contribution is -2.14. The number of aliphatic imine (C=N–C) groups is 1. The Balaban J connectivity index is 1.64. The van der Waals surface area contributed by atoms with Crippen LogP contribution < -0.4 is 0 Å². The van der Waals surface area contributed by atoms with Gasteiger partial charge in [-0.15, -0.1) is 0 Å². The number of aliphatic hydroxyl groups is 1. The van der Waals surface area contributed by atoms with Gasteiger partial charge in [0.25, 0.3) is 0 Å². The molecule has 1 atom stereocenters. The minimum Gasteiger partial charge on any atom is -0.478 e. The summed E-state index contributed by atoms with van der Waals surface area (Å²) < 4.78 is 5.48. The van der Waals surface area contributed by atoms with Crippen molar-refractivity contribution in [1.29, 1.82) is 0 Å². The number of ether oxygens (including phenoxy) is 1. The summed E-state index contributed by atoms with van der Waals surface area (Å²) in [6.07, 6.45) is 2.31. The van der Waals surface area contributed by atoms with E-state index in [1.807, 2.05) is 43.3 Å². The average Bonchev–Trinajstić information content (AvgIpc) is 3.03. The third-order valence-electron chi connectivity index (χ3n) is 4.29. The molecule has 0 fully saturated rings. The second-order valence-electron chi connectivity index (χ2n) is 6.10. The second kappa shape index (κ2) is 8.03. The number of aliphatic hydroxyl groups excluding tert-OH is 1. The Hall–Kier alpha value is -2.53. The largest absolute Gasteiger partial charge is 0.478 e. The summed E-state index contributed by atoms with van der Waals surface area (Å²) in [6.45, 7) is 3.02. The van der Waals surface area contributed by atoms with E-state index in [9.17, 15) is 9.90 Å². The Kier molecular flexibility index (Phi) is 5.56. The van der Waals surface area contributed by atoms with E-state index < -0.39 is 0 Å². The molecule has 25 heavy (non-hydrogen) atoms. The molecule has 0 saturated carbocycles. The van der Waals surface area contributed by atoms with Crippen LogP contribution in [0.25, 0.3) is 0 Å². The van der Waals surface area contributed by atoms with Crippen molar-refractivity contribution in [1.82, 2.24) is 4.98 Å². The van der Waals surface area contributed by atoms with Gasteiger partial charge in [-0.25, -0.2) is 4.99 Å². The lowest BCUT2D eigenvalue weighted by Gasteiger charge is -2.13. The zero-order valence-corrected chi connectivity index (χ0v) is 14.3. The average molecular weight is 338 g/mol. The highest BCUT2D eigenvalue weighted by Gasteiger charge is 2.20. The molecule has 0 amide bonds.